The van der Waals surface area contributed by atoms with Crippen molar-refractivity contribution in [2.75, 3.05) is 6.54 Å². The predicted octanol–water partition coefficient (Wildman–Crippen LogP) is 3.21. The van der Waals surface area contributed by atoms with Crippen molar-refractivity contribution >= 4 is 15.9 Å². The number of nitrogens with zero attached hydrogens (tertiary/aromatic N) is 4. The number of fused-ring (bicyclic) bond motifs is 1. The van der Waals surface area contributed by atoms with Gasteiger partial charge in [0.05, 0.1) is 5.69 Å². The minimum Gasteiger partial charge on any atom is -0.294 e. The average molecular weight is 373 g/mol. The van der Waals surface area contributed by atoms with Gasteiger partial charge in [0.15, 0.2) is 0 Å². The number of aromatic nitrogens is 3. The van der Waals surface area contributed by atoms with Gasteiger partial charge in [0.2, 0.25) is 5.82 Å². The zero-order valence-electron chi connectivity index (χ0n) is 11.4. The van der Waals surface area contributed by atoms with Gasteiger partial charge in [-0.15, -0.1) is 0 Å². The zero-order valence-corrected chi connectivity index (χ0v) is 13.0. The Labute approximate surface area is 133 Å². The quantitative estimate of drug-likeness (QED) is 0.811. The van der Waals surface area contributed by atoms with E-state index in [4.69, 9.17) is 0 Å². The lowest BCUT2D eigenvalue weighted by atomic mass is 10.1. The van der Waals surface area contributed by atoms with E-state index in [-0.39, 0.29) is 0 Å². The molecular weight excluding hydrogens is 361 g/mol. The Bertz CT molecular complexity index is 690. The van der Waals surface area contributed by atoms with Gasteiger partial charge in [-0.2, -0.15) is 13.2 Å². The molecule has 0 saturated carbocycles. The lowest BCUT2D eigenvalue weighted by Gasteiger charge is -2.28. The minimum atomic E-state index is -4.49. The molecule has 2 aromatic rings. The molecule has 0 unspecified atom stereocenters. The van der Waals surface area contributed by atoms with Gasteiger partial charge in [-0.25, -0.2) is 9.97 Å². The van der Waals surface area contributed by atoms with Gasteiger partial charge in [0.25, 0.3) is 0 Å². The number of hydrogen-bond donors (Lipinski definition) is 0. The first kappa shape index (κ1) is 15.4. The summed E-state index contributed by atoms with van der Waals surface area (Å²) in [4.78, 5) is 13.3. The fraction of sp³-hybridized carbons (Fsp3) is 0.357. The first-order chi connectivity index (χ1) is 10.4. The van der Waals surface area contributed by atoms with Gasteiger partial charge < -0.3 is 0 Å². The Morgan fingerprint density at radius 3 is 2.77 bits per heavy atom. The maximum atomic E-state index is 12.6. The molecule has 8 heteroatoms. The molecule has 0 atom stereocenters. The van der Waals surface area contributed by atoms with E-state index in [1.54, 1.807) is 12.4 Å². The summed E-state index contributed by atoms with van der Waals surface area (Å²) in [6, 6.07) is 1.98. The van der Waals surface area contributed by atoms with Crippen molar-refractivity contribution in [2.24, 2.45) is 0 Å². The summed E-state index contributed by atoms with van der Waals surface area (Å²) in [6.07, 6.45) is 0.776. The average Bonchev–Trinajstić information content (AvgIpc) is 2.45. The molecule has 116 valence electrons. The first-order valence-corrected chi connectivity index (χ1v) is 7.45. The number of rotatable bonds is 2. The summed E-state index contributed by atoms with van der Waals surface area (Å²) < 4.78 is 38.7. The largest absolute Gasteiger partial charge is 0.451 e. The molecule has 0 N–H and O–H groups in total. The highest BCUT2D eigenvalue weighted by Gasteiger charge is 2.35. The van der Waals surface area contributed by atoms with Crippen molar-refractivity contribution < 1.29 is 13.2 Å². The summed E-state index contributed by atoms with van der Waals surface area (Å²) in [6.45, 7) is 1.89. The molecule has 0 aliphatic carbocycles. The van der Waals surface area contributed by atoms with Crippen LogP contribution < -0.4 is 0 Å². The second-order valence-corrected chi connectivity index (χ2v) is 6.05. The molecule has 0 saturated heterocycles. The second kappa shape index (κ2) is 5.92. The van der Waals surface area contributed by atoms with E-state index < -0.39 is 12.0 Å². The third-order valence-corrected chi connectivity index (χ3v) is 3.87. The number of alkyl halides is 3. The van der Waals surface area contributed by atoms with Crippen LogP contribution in [0.4, 0.5) is 13.2 Å². The predicted molar refractivity (Wildman–Crippen MR) is 76.8 cm³/mol. The van der Waals surface area contributed by atoms with Crippen molar-refractivity contribution in [2.45, 2.75) is 25.7 Å². The van der Waals surface area contributed by atoms with E-state index in [0.29, 0.717) is 31.7 Å². The maximum absolute atomic E-state index is 12.6. The Hall–Kier alpha value is -1.54. The monoisotopic (exact) mass is 372 g/mol. The highest BCUT2D eigenvalue weighted by Crippen LogP contribution is 2.28. The summed E-state index contributed by atoms with van der Waals surface area (Å²) in [5, 5.41) is 0. The minimum absolute atomic E-state index is 0.488. The normalized spacial score (nSPS) is 15.6. The van der Waals surface area contributed by atoms with E-state index in [1.165, 1.54) is 6.20 Å². The van der Waals surface area contributed by atoms with Crippen LogP contribution in [0.1, 0.15) is 22.6 Å². The van der Waals surface area contributed by atoms with Gasteiger partial charge in [0.1, 0.15) is 0 Å². The summed E-state index contributed by atoms with van der Waals surface area (Å²) in [7, 11) is 0. The van der Waals surface area contributed by atoms with Gasteiger partial charge in [-0.3, -0.25) is 9.88 Å². The highest BCUT2D eigenvalue weighted by atomic mass is 79.9. The van der Waals surface area contributed by atoms with Crippen molar-refractivity contribution in [3.63, 3.8) is 0 Å². The summed E-state index contributed by atoms with van der Waals surface area (Å²) >= 11 is 3.37. The molecule has 2 aromatic heterocycles. The van der Waals surface area contributed by atoms with E-state index in [2.05, 4.69) is 35.8 Å². The number of pyridine rings is 1. The van der Waals surface area contributed by atoms with Crippen molar-refractivity contribution in [1.82, 2.24) is 19.9 Å². The topological polar surface area (TPSA) is 41.9 Å². The smallest absolute Gasteiger partial charge is 0.294 e. The Kier molecular flexibility index (Phi) is 4.14. The van der Waals surface area contributed by atoms with E-state index >= 15 is 0 Å². The van der Waals surface area contributed by atoms with Crippen molar-refractivity contribution in [1.29, 1.82) is 0 Å². The molecule has 0 radical (unpaired) electrons. The van der Waals surface area contributed by atoms with E-state index in [1.807, 2.05) is 6.07 Å². The molecule has 0 aromatic carbocycles. The van der Waals surface area contributed by atoms with Crippen LogP contribution in [0.5, 0.6) is 0 Å². The lowest BCUT2D eigenvalue weighted by Crippen LogP contribution is -2.31. The fourth-order valence-corrected chi connectivity index (χ4v) is 2.86. The summed E-state index contributed by atoms with van der Waals surface area (Å²) in [5.74, 6) is -1.06. The van der Waals surface area contributed by atoms with Gasteiger partial charge >= 0.3 is 6.18 Å². The molecular formula is C14H12BrF3N4. The summed E-state index contributed by atoms with van der Waals surface area (Å²) in [5.41, 5.74) is 2.29. The Morgan fingerprint density at radius 2 is 2.05 bits per heavy atom. The van der Waals surface area contributed by atoms with Crippen LogP contribution in [0.3, 0.4) is 0 Å². The van der Waals surface area contributed by atoms with E-state index in [0.717, 1.165) is 15.6 Å². The molecule has 4 nitrogen and oxygen atoms in total. The fourth-order valence-electron chi connectivity index (χ4n) is 2.45. The molecule has 22 heavy (non-hydrogen) atoms. The Morgan fingerprint density at radius 1 is 1.23 bits per heavy atom. The van der Waals surface area contributed by atoms with Crippen LogP contribution in [0.15, 0.2) is 29.1 Å². The molecule has 0 spiro atoms. The number of hydrogen-bond acceptors (Lipinski definition) is 4. The molecule has 0 bridgehead atoms. The van der Waals surface area contributed by atoms with Crippen molar-refractivity contribution in [3.8, 4) is 0 Å². The SMILES string of the molecule is FC(F)(F)c1ncc2c(n1)CCN(Cc1cncc(Br)c1)C2. The van der Waals surface area contributed by atoms with Gasteiger partial charge in [-0.05, 0) is 27.6 Å². The first-order valence-electron chi connectivity index (χ1n) is 6.65. The van der Waals surface area contributed by atoms with Crippen LogP contribution in [-0.2, 0) is 25.7 Å². The molecule has 0 fully saturated rings. The Balaban J connectivity index is 1.74. The highest BCUT2D eigenvalue weighted by molar-refractivity contribution is 9.10. The molecule has 1 aliphatic rings. The number of halogens is 4. The van der Waals surface area contributed by atoms with Crippen LogP contribution >= 0.6 is 15.9 Å². The molecule has 1 aliphatic heterocycles. The third kappa shape index (κ3) is 3.44. The molecule has 0 amide bonds. The lowest BCUT2D eigenvalue weighted by molar-refractivity contribution is -0.145. The zero-order chi connectivity index (χ0) is 15.7. The van der Waals surface area contributed by atoms with Crippen LogP contribution in [0.25, 0.3) is 0 Å². The van der Waals surface area contributed by atoms with Crippen LogP contribution in [0, 0.1) is 0 Å². The molecule has 3 rings (SSSR count). The van der Waals surface area contributed by atoms with Crippen LogP contribution in [0.2, 0.25) is 0 Å². The van der Waals surface area contributed by atoms with Crippen molar-refractivity contribution in [3.05, 3.63) is 51.8 Å². The standard InChI is InChI=1S/C14H12BrF3N4/c15-11-3-9(4-19-6-11)7-22-2-1-12-10(8-22)5-20-13(21-12)14(16,17)18/h3-6H,1-2,7-8H2. The van der Waals surface area contributed by atoms with Gasteiger partial charge in [0, 0.05) is 54.7 Å². The molecule has 3 heterocycles. The van der Waals surface area contributed by atoms with Gasteiger partial charge in [-0.1, -0.05) is 0 Å². The maximum Gasteiger partial charge on any atom is 0.451 e. The third-order valence-electron chi connectivity index (χ3n) is 3.43. The van der Waals surface area contributed by atoms with E-state index in [9.17, 15) is 13.2 Å². The second-order valence-electron chi connectivity index (χ2n) is 5.14. The van der Waals surface area contributed by atoms with Crippen LogP contribution in [-0.4, -0.2) is 26.4 Å².